The number of nitrogens with zero attached hydrogens (tertiary/aromatic N) is 3. The lowest BCUT2D eigenvalue weighted by molar-refractivity contribution is -0.118. The molecule has 1 amide bonds. The fraction of sp³-hybridized carbons (Fsp3) is 0.235. The van der Waals surface area contributed by atoms with Crippen LogP contribution in [0.5, 0.6) is 0 Å². The highest BCUT2D eigenvalue weighted by Gasteiger charge is 2.33. The molecule has 7 nitrogen and oxygen atoms in total. The monoisotopic (exact) mass is 358 g/mol. The topological polar surface area (TPSA) is 84.4 Å². The van der Waals surface area contributed by atoms with Gasteiger partial charge in [0.2, 0.25) is 17.6 Å². The van der Waals surface area contributed by atoms with Gasteiger partial charge < -0.3 is 14.3 Å². The highest BCUT2D eigenvalue weighted by atomic mass is 35.5. The van der Waals surface area contributed by atoms with E-state index < -0.39 is 0 Å². The molecule has 25 heavy (non-hydrogen) atoms. The van der Waals surface area contributed by atoms with Crippen LogP contribution in [0.3, 0.4) is 0 Å². The number of amides is 1. The summed E-state index contributed by atoms with van der Waals surface area (Å²) in [6.45, 7) is 1.70. The summed E-state index contributed by atoms with van der Waals surface area (Å²) in [4.78, 5) is 18.4. The molecule has 0 radical (unpaired) electrons. The summed E-state index contributed by atoms with van der Waals surface area (Å²) < 4.78 is 10.5. The average molecular weight is 359 g/mol. The van der Waals surface area contributed by atoms with E-state index in [1.165, 1.54) is 0 Å². The quantitative estimate of drug-likeness (QED) is 0.754. The Bertz CT molecular complexity index is 872. The van der Waals surface area contributed by atoms with Gasteiger partial charge in [0.1, 0.15) is 0 Å². The molecule has 0 atom stereocenters. The molecular weight excluding hydrogens is 344 g/mol. The third-order valence-corrected chi connectivity index (χ3v) is 4.20. The summed E-state index contributed by atoms with van der Waals surface area (Å²) >= 11 is 5.91. The van der Waals surface area contributed by atoms with Crippen molar-refractivity contribution in [2.45, 2.75) is 5.92 Å². The van der Waals surface area contributed by atoms with Crippen LogP contribution in [0.15, 0.2) is 51.6 Å². The lowest BCUT2D eigenvalue weighted by Crippen LogP contribution is -2.48. The average Bonchev–Trinajstić information content (AvgIpc) is 3.21. The molecule has 0 bridgehead atoms. The third kappa shape index (κ3) is 3.57. The maximum Gasteiger partial charge on any atom is 0.238 e. The van der Waals surface area contributed by atoms with E-state index in [-0.39, 0.29) is 11.8 Å². The molecule has 3 aromatic rings. The molecule has 1 aliphatic heterocycles. The first kappa shape index (κ1) is 15.9. The minimum absolute atomic E-state index is 0.0810. The Labute approximate surface area is 148 Å². The van der Waals surface area contributed by atoms with Crippen molar-refractivity contribution in [3.05, 3.63) is 53.6 Å². The summed E-state index contributed by atoms with van der Waals surface area (Å²) in [6.07, 6.45) is 1.56. The number of carbonyl (C=O) groups excluding carboxylic acids is 1. The fourth-order valence-corrected chi connectivity index (χ4v) is 2.92. The molecule has 0 unspecified atom stereocenters. The highest BCUT2D eigenvalue weighted by Crippen LogP contribution is 2.27. The summed E-state index contributed by atoms with van der Waals surface area (Å²) in [5.41, 5.74) is 0.689. The number of aromatic nitrogens is 2. The van der Waals surface area contributed by atoms with Crippen LogP contribution in [0.1, 0.15) is 11.8 Å². The first-order valence-electron chi connectivity index (χ1n) is 7.82. The predicted octanol–water partition coefficient (Wildman–Crippen LogP) is 3.02. The second-order valence-electron chi connectivity index (χ2n) is 5.88. The zero-order valence-corrected chi connectivity index (χ0v) is 13.9. The minimum Gasteiger partial charge on any atom is -0.461 e. The van der Waals surface area contributed by atoms with Crippen molar-refractivity contribution in [3.63, 3.8) is 0 Å². The Morgan fingerprint density at radius 3 is 2.96 bits per heavy atom. The Morgan fingerprint density at radius 2 is 2.20 bits per heavy atom. The smallest absolute Gasteiger partial charge is 0.238 e. The molecule has 1 saturated heterocycles. The minimum atomic E-state index is -0.0810. The summed E-state index contributed by atoms with van der Waals surface area (Å²) in [5, 5.41) is 7.34. The number of benzene rings is 1. The summed E-state index contributed by atoms with van der Waals surface area (Å²) in [5.74, 6) is 1.64. The number of carbonyl (C=O) groups is 1. The largest absolute Gasteiger partial charge is 0.461 e. The van der Waals surface area contributed by atoms with Gasteiger partial charge in [-0.3, -0.25) is 9.69 Å². The second-order valence-corrected chi connectivity index (χ2v) is 6.32. The van der Waals surface area contributed by atoms with Gasteiger partial charge in [-0.1, -0.05) is 22.8 Å². The standard InChI is InChI=1S/C17H15ClN4O3/c18-12-3-1-4-13(7-12)19-15(23)10-22-8-11(9-22)17-20-16(21-25-17)14-5-2-6-24-14/h1-7,11H,8-10H2,(H,19,23). The van der Waals surface area contributed by atoms with E-state index in [1.807, 2.05) is 4.90 Å². The van der Waals surface area contributed by atoms with Gasteiger partial charge in [0.15, 0.2) is 5.76 Å². The van der Waals surface area contributed by atoms with Gasteiger partial charge in [0.05, 0.1) is 18.7 Å². The van der Waals surface area contributed by atoms with Crippen molar-refractivity contribution < 1.29 is 13.7 Å². The van der Waals surface area contributed by atoms with Crippen molar-refractivity contribution in [2.24, 2.45) is 0 Å². The molecule has 3 heterocycles. The zero-order valence-electron chi connectivity index (χ0n) is 13.2. The van der Waals surface area contributed by atoms with Gasteiger partial charge in [-0.15, -0.1) is 0 Å². The second kappa shape index (κ2) is 6.70. The van der Waals surface area contributed by atoms with Crippen LogP contribution in [0, 0.1) is 0 Å². The van der Waals surface area contributed by atoms with Gasteiger partial charge in [-0.05, 0) is 30.3 Å². The molecule has 1 aromatic carbocycles. The van der Waals surface area contributed by atoms with Crippen LogP contribution in [0.4, 0.5) is 5.69 Å². The van der Waals surface area contributed by atoms with E-state index in [4.69, 9.17) is 20.5 Å². The van der Waals surface area contributed by atoms with Gasteiger partial charge >= 0.3 is 0 Å². The van der Waals surface area contributed by atoms with Gasteiger partial charge in [0.25, 0.3) is 0 Å². The van der Waals surface area contributed by atoms with Gasteiger partial charge in [0, 0.05) is 23.8 Å². The van der Waals surface area contributed by atoms with Crippen molar-refractivity contribution in [3.8, 4) is 11.6 Å². The Balaban J connectivity index is 1.28. The maximum atomic E-state index is 12.1. The van der Waals surface area contributed by atoms with Crippen molar-refractivity contribution in [1.82, 2.24) is 15.0 Å². The molecule has 2 aromatic heterocycles. The molecular formula is C17H15ClN4O3. The summed E-state index contributed by atoms with van der Waals surface area (Å²) in [6, 6.07) is 10.6. The van der Waals surface area contributed by atoms with Crippen LogP contribution in [-0.4, -0.2) is 40.6 Å². The number of furan rings is 1. The number of anilines is 1. The van der Waals surface area contributed by atoms with E-state index in [0.717, 1.165) is 0 Å². The lowest BCUT2D eigenvalue weighted by atomic mass is 10.0. The van der Waals surface area contributed by atoms with Crippen LogP contribution < -0.4 is 5.32 Å². The lowest BCUT2D eigenvalue weighted by Gasteiger charge is -2.36. The molecule has 1 aliphatic rings. The summed E-state index contributed by atoms with van der Waals surface area (Å²) in [7, 11) is 0. The molecule has 0 spiro atoms. The van der Waals surface area contributed by atoms with E-state index in [0.29, 0.717) is 47.8 Å². The highest BCUT2D eigenvalue weighted by molar-refractivity contribution is 6.30. The van der Waals surface area contributed by atoms with Crippen molar-refractivity contribution in [1.29, 1.82) is 0 Å². The first-order valence-corrected chi connectivity index (χ1v) is 8.20. The Kier molecular flexibility index (Phi) is 4.25. The maximum absolute atomic E-state index is 12.1. The molecule has 8 heteroatoms. The van der Waals surface area contributed by atoms with E-state index >= 15 is 0 Å². The van der Waals surface area contributed by atoms with E-state index in [9.17, 15) is 4.79 Å². The molecule has 0 aliphatic carbocycles. The number of halogens is 1. The number of rotatable bonds is 5. The first-order chi connectivity index (χ1) is 12.2. The molecule has 1 N–H and O–H groups in total. The normalized spacial score (nSPS) is 15.1. The van der Waals surface area contributed by atoms with Crippen LogP contribution in [0.25, 0.3) is 11.6 Å². The molecule has 128 valence electrons. The van der Waals surface area contributed by atoms with Gasteiger partial charge in [-0.25, -0.2) is 0 Å². The van der Waals surface area contributed by atoms with Crippen LogP contribution in [0.2, 0.25) is 5.02 Å². The number of nitrogens with one attached hydrogen (secondary N) is 1. The predicted molar refractivity (Wildman–Crippen MR) is 91.3 cm³/mol. The Morgan fingerprint density at radius 1 is 1.32 bits per heavy atom. The zero-order chi connectivity index (χ0) is 17.2. The number of likely N-dealkylation sites (tertiary alicyclic amines) is 1. The van der Waals surface area contributed by atoms with Crippen LogP contribution >= 0.6 is 11.6 Å². The fourth-order valence-electron chi connectivity index (χ4n) is 2.73. The van der Waals surface area contributed by atoms with Crippen LogP contribution in [-0.2, 0) is 4.79 Å². The molecule has 1 fully saturated rings. The van der Waals surface area contributed by atoms with Gasteiger partial charge in [-0.2, -0.15) is 4.98 Å². The molecule has 4 rings (SSSR count). The van der Waals surface area contributed by atoms with E-state index in [1.54, 1.807) is 42.7 Å². The third-order valence-electron chi connectivity index (χ3n) is 3.97. The molecule has 0 saturated carbocycles. The van der Waals surface area contributed by atoms with Crippen molar-refractivity contribution in [2.75, 3.05) is 25.0 Å². The number of hydrogen-bond acceptors (Lipinski definition) is 6. The van der Waals surface area contributed by atoms with Crippen molar-refractivity contribution >= 4 is 23.2 Å². The Hall–Kier alpha value is -2.64. The SMILES string of the molecule is O=C(CN1CC(c2nc(-c3ccco3)no2)C1)Nc1cccc(Cl)c1. The van der Waals surface area contributed by atoms with E-state index in [2.05, 4.69) is 15.5 Å². The number of hydrogen-bond donors (Lipinski definition) is 1.